The molecule has 0 saturated carbocycles. The van der Waals surface area contributed by atoms with E-state index in [4.69, 9.17) is 4.74 Å². The Morgan fingerprint density at radius 3 is 2.52 bits per heavy atom. The van der Waals surface area contributed by atoms with Gasteiger partial charge in [0.15, 0.2) is 5.13 Å². The first-order chi connectivity index (χ1) is 21.0. The number of morpholine rings is 1. The van der Waals surface area contributed by atoms with Crippen molar-refractivity contribution in [3.63, 3.8) is 0 Å². The Kier molecular flexibility index (Phi) is 10.0. The molecule has 14 heteroatoms. The number of hydrogen-bond acceptors (Lipinski definition) is 9. The van der Waals surface area contributed by atoms with E-state index in [-0.39, 0.29) is 17.2 Å². The second-order valence-electron chi connectivity index (χ2n) is 10.8. The van der Waals surface area contributed by atoms with Crippen molar-refractivity contribution >= 4 is 45.3 Å². The molecule has 44 heavy (non-hydrogen) atoms. The minimum Gasteiger partial charge on any atom is -0.393 e. The van der Waals surface area contributed by atoms with Crippen LogP contribution in [0.25, 0.3) is 0 Å². The highest BCUT2D eigenvalue weighted by Gasteiger charge is 2.33. The van der Waals surface area contributed by atoms with Crippen LogP contribution in [0.1, 0.15) is 44.0 Å². The lowest BCUT2D eigenvalue weighted by atomic mass is 10.0. The molecule has 0 atom stereocenters. The summed E-state index contributed by atoms with van der Waals surface area (Å²) in [7, 11) is 0. The van der Waals surface area contributed by atoms with Gasteiger partial charge >= 0.3 is 6.18 Å². The van der Waals surface area contributed by atoms with Crippen molar-refractivity contribution in [1.29, 1.82) is 0 Å². The van der Waals surface area contributed by atoms with Crippen molar-refractivity contribution in [2.45, 2.75) is 32.0 Å². The van der Waals surface area contributed by atoms with Crippen LogP contribution in [0.5, 0.6) is 0 Å². The first kappa shape index (κ1) is 31.7. The Balaban J connectivity index is 1.24. The van der Waals surface area contributed by atoms with E-state index >= 15 is 0 Å². The fourth-order valence-electron chi connectivity index (χ4n) is 5.04. The van der Waals surface area contributed by atoms with E-state index in [1.807, 2.05) is 0 Å². The van der Waals surface area contributed by atoms with Gasteiger partial charge in [-0.1, -0.05) is 17.4 Å². The Morgan fingerprint density at radius 1 is 1.05 bits per heavy atom. The number of nitrogens with one attached hydrogen (secondary N) is 3. The average Bonchev–Trinajstić information content (AvgIpc) is 3.48. The lowest BCUT2D eigenvalue weighted by molar-refractivity contribution is -0.137. The predicted octanol–water partition coefficient (Wildman–Crippen LogP) is 4.68. The molecule has 0 spiro atoms. The number of amides is 2. The SMILES string of the molecule is Cc1ccc(NC(=O)c2cc(N3CCC(O)CC3)cc(C(F)(F)F)c2)cc1NC(=O)c1cnc(NCCN2CCOCC2)s1. The van der Waals surface area contributed by atoms with E-state index in [9.17, 15) is 27.9 Å². The molecule has 5 rings (SSSR count). The normalized spacial score (nSPS) is 16.5. The van der Waals surface area contributed by atoms with Gasteiger partial charge in [0.2, 0.25) is 0 Å². The maximum atomic E-state index is 13.7. The van der Waals surface area contributed by atoms with Crippen molar-refractivity contribution < 1.29 is 32.6 Å². The number of nitrogens with zero attached hydrogens (tertiary/aromatic N) is 3. The molecule has 0 radical (unpaired) electrons. The standard InChI is InChI=1S/C30H35F3N6O4S/c1-19-2-3-22(17-25(19)37-28(42)26-18-35-29(44-26)34-6-9-38-10-12-43-13-11-38)36-27(41)20-14-21(30(31,32)33)16-23(15-20)39-7-4-24(40)5-8-39/h2-3,14-18,24,40H,4-13H2,1H3,(H,34,35)(H,36,41)(H,37,42). The molecule has 4 N–H and O–H groups in total. The van der Waals surface area contributed by atoms with Crippen molar-refractivity contribution in [3.8, 4) is 0 Å². The second kappa shape index (κ2) is 13.9. The van der Waals surface area contributed by atoms with Crippen LogP contribution in [0.4, 0.5) is 35.4 Å². The number of aryl methyl sites for hydroxylation is 1. The second-order valence-corrected chi connectivity index (χ2v) is 11.9. The quantitative estimate of drug-likeness (QED) is 0.269. The Bertz CT molecular complexity index is 1470. The Hall–Kier alpha value is -3.72. The summed E-state index contributed by atoms with van der Waals surface area (Å²) in [5.41, 5.74) is 0.685. The predicted molar refractivity (Wildman–Crippen MR) is 164 cm³/mol. The lowest BCUT2D eigenvalue weighted by Crippen LogP contribution is -2.38. The summed E-state index contributed by atoms with van der Waals surface area (Å²) in [6.07, 6.45) is -2.77. The highest BCUT2D eigenvalue weighted by molar-refractivity contribution is 7.17. The summed E-state index contributed by atoms with van der Waals surface area (Å²) in [6.45, 7) is 7.31. The molecule has 2 aliphatic rings. The number of hydrogen-bond donors (Lipinski definition) is 4. The van der Waals surface area contributed by atoms with Crippen molar-refractivity contribution in [3.05, 3.63) is 64.2 Å². The topological polar surface area (TPSA) is 119 Å². The number of piperidine rings is 1. The van der Waals surface area contributed by atoms with E-state index in [0.717, 1.165) is 50.5 Å². The molecule has 236 valence electrons. The summed E-state index contributed by atoms with van der Waals surface area (Å²) in [5, 5.41) is 19.2. The number of aromatic nitrogens is 1. The average molecular weight is 633 g/mol. The fraction of sp³-hybridized carbons (Fsp3) is 0.433. The van der Waals surface area contributed by atoms with Gasteiger partial charge in [0.1, 0.15) is 4.88 Å². The summed E-state index contributed by atoms with van der Waals surface area (Å²) in [5.74, 6) is -1.09. The third-order valence-electron chi connectivity index (χ3n) is 7.62. The number of halogens is 3. The monoisotopic (exact) mass is 632 g/mol. The molecular formula is C30H35F3N6O4S. The number of carbonyl (C=O) groups is 2. The number of aliphatic hydroxyl groups excluding tert-OH is 1. The summed E-state index contributed by atoms with van der Waals surface area (Å²) < 4.78 is 46.5. The molecule has 10 nitrogen and oxygen atoms in total. The summed E-state index contributed by atoms with van der Waals surface area (Å²) in [6, 6.07) is 8.16. The largest absolute Gasteiger partial charge is 0.416 e. The zero-order chi connectivity index (χ0) is 31.3. The van der Waals surface area contributed by atoms with Gasteiger partial charge < -0.3 is 30.7 Å². The van der Waals surface area contributed by atoms with Gasteiger partial charge in [0.25, 0.3) is 11.8 Å². The third kappa shape index (κ3) is 8.25. The zero-order valence-electron chi connectivity index (χ0n) is 24.2. The molecule has 0 aliphatic carbocycles. The van der Waals surface area contributed by atoms with Crippen LogP contribution in [0.3, 0.4) is 0 Å². The number of benzene rings is 2. The minimum atomic E-state index is -4.64. The van der Waals surface area contributed by atoms with E-state index in [0.29, 0.717) is 53.9 Å². The first-order valence-corrected chi connectivity index (χ1v) is 15.3. The van der Waals surface area contributed by atoms with Crippen LogP contribution in [0.2, 0.25) is 0 Å². The molecular weight excluding hydrogens is 597 g/mol. The van der Waals surface area contributed by atoms with Crippen LogP contribution in [-0.2, 0) is 10.9 Å². The summed E-state index contributed by atoms with van der Waals surface area (Å²) in [4.78, 5) is 34.9. The lowest BCUT2D eigenvalue weighted by Gasteiger charge is -2.32. The highest BCUT2D eigenvalue weighted by Crippen LogP contribution is 2.34. The van der Waals surface area contributed by atoms with Crippen molar-refractivity contribution in [2.75, 3.05) is 73.3 Å². The van der Waals surface area contributed by atoms with E-state index < -0.39 is 23.8 Å². The molecule has 0 bridgehead atoms. The van der Waals surface area contributed by atoms with Gasteiger partial charge in [0, 0.05) is 61.9 Å². The number of carbonyl (C=O) groups excluding carboxylic acids is 2. The molecule has 3 aromatic rings. The number of aliphatic hydroxyl groups is 1. The number of thiazole rings is 1. The molecule has 3 heterocycles. The molecule has 0 unspecified atom stereocenters. The molecule has 2 saturated heterocycles. The van der Waals surface area contributed by atoms with Gasteiger partial charge in [-0.15, -0.1) is 0 Å². The van der Waals surface area contributed by atoms with Crippen molar-refractivity contribution in [2.24, 2.45) is 0 Å². The minimum absolute atomic E-state index is 0.148. The molecule has 2 amide bonds. The number of ether oxygens (including phenoxy) is 1. The fourth-order valence-corrected chi connectivity index (χ4v) is 5.78. The third-order valence-corrected chi connectivity index (χ3v) is 8.57. The summed E-state index contributed by atoms with van der Waals surface area (Å²) >= 11 is 1.22. The van der Waals surface area contributed by atoms with Crippen LogP contribution in [-0.4, -0.2) is 85.4 Å². The smallest absolute Gasteiger partial charge is 0.393 e. The maximum Gasteiger partial charge on any atom is 0.416 e. The molecule has 2 fully saturated rings. The molecule has 2 aromatic carbocycles. The number of alkyl halides is 3. The number of anilines is 4. The molecule has 1 aromatic heterocycles. The maximum absolute atomic E-state index is 13.7. The van der Waals surface area contributed by atoms with Crippen molar-refractivity contribution in [1.82, 2.24) is 9.88 Å². The highest BCUT2D eigenvalue weighted by atomic mass is 32.1. The number of rotatable bonds is 9. The van der Waals surface area contributed by atoms with Crippen LogP contribution in [0, 0.1) is 6.92 Å². The van der Waals surface area contributed by atoms with Gasteiger partial charge in [-0.2, -0.15) is 13.2 Å². The van der Waals surface area contributed by atoms with Crippen LogP contribution >= 0.6 is 11.3 Å². The Labute approximate surface area is 257 Å². The van der Waals surface area contributed by atoms with Crippen LogP contribution < -0.4 is 20.9 Å². The zero-order valence-corrected chi connectivity index (χ0v) is 25.1. The van der Waals surface area contributed by atoms with E-state index in [2.05, 4.69) is 25.8 Å². The Morgan fingerprint density at radius 2 is 1.80 bits per heavy atom. The van der Waals surface area contributed by atoms with Crippen LogP contribution in [0.15, 0.2) is 42.6 Å². The van der Waals surface area contributed by atoms with Gasteiger partial charge in [0.05, 0.1) is 31.1 Å². The van der Waals surface area contributed by atoms with E-state index in [1.54, 1.807) is 30.0 Å². The van der Waals surface area contributed by atoms with Gasteiger partial charge in [-0.25, -0.2) is 4.98 Å². The van der Waals surface area contributed by atoms with Gasteiger partial charge in [-0.3, -0.25) is 14.5 Å². The van der Waals surface area contributed by atoms with Gasteiger partial charge in [-0.05, 0) is 55.7 Å². The van der Waals surface area contributed by atoms with E-state index in [1.165, 1.54) is 23.6 Å². The first-order valence-electron chi connectivity index (χ1n) is 14.4. The molecule has 2 aliphatic heterocycles.